The molecule has 11 heteroatoms. The van der Waals surface area contributed by atoms with Crippen LogP contribution < -0.4 is 9.62 Å². The van der Waals surface area contributed by atoms with Crippen LogP contribution in [0, 0.1) is 0 Å². The van der Waals surface area contributed by atoms with Crippen molar-refractivity contribution in [3.8, 4) is 0 Å². The van der Waals surface area contributed by atoms with E-state index >= 15 is 0 Å². The molecular formula is C28H30Cl3N3O4S. The lowest BCUT2D eigenvalue weighted by Gasteiger charge is -2.33. The molecule has 3 aromatic carbocycles. The third-order valence-electron chi connectivity index (χ3n) is 5.90. The summed E-state index contributed by atoms with van der Waals surface area (Å²) in [6.07, 6.45) is 0.296. The smallest absolute Gasteiger partial charge is 0.264 e. The second kappa shape index (κ2) is 13.5. The molecule has 39 heavy (non-hydrogen) atoms. The molecule has 0 aliphatic rings. The number of nitrogens with one attached hydrogen (secondary N) is 1. The van der Waals surface area contributed by atoms with Crippen LogP contribution in [-0.4, -0.2) is 43.8 Å². The van der Waals surface area contributed by atoms with Gasteiger partial charge in [0.1, 0.15) is 12.6 Å². The topological polar surface area (TPSA) is 86.8 Å². The molecule has 0 spiro atoms. The van der Waals surface area contributed by atoms with Gasteiger partial charge in [-0.3, -0.25) is 13.9 Å². The predicted molar refractivity (Wildman–Crippen MR) is 157 cm³/mol. The van der Waals surface area contributed by atoms with Crippen molar-refractivity contribution >= 4 is 62.3 Å². The Balaban J connectivity index is 2.06. The number of anilines is 1. The molecule has 3 aromatic rings. The van der Waals surface area contributed by atoms with Crippen LogP contribution in [0.15, 0.2) is 77.7 Å². The largest absolute Gasteiger partial charge is 0.352 e. The summed E-state index contributed by atoms with van der Waals surface area (Å²) in [5.74, 6) is -0.925. The van der Waals surface area contributed by atoms with E-state index in [2.05, 4.69) is 5.32 Å². The number of hydrogen-bond donors (Lipinski definition) is 1. The maximum Gasteiger partial charge on any atom is 0.264 e. The maximum absolute atomic E-state index is 14.0. The molecule has 0 aliphatic carbocycles. The van der Waals surface area contributed by atoms with Gasteiger partial charge in [-0.15, -0.1) is 0 Å². The SMILES string of the molecule is CC[C@H](C(=O)NC(C)C)N(Cc1ccc(Cl)cc1Cl)C(=O)CN(c1ccccc1)S(=O)(=O)c1ccc(Cl)cc1. The third kappa shape index (κ3) is 7.88. The van der Waals surface area contributed by atoms with Crippen LogP contribution in [0.2, 0.25) is 15.1 Å². The minimum Gasteiger partial charge on any atom is -0.352 e. The van der Waals surface area contributed by atoms with Crippen molar-refractivity contribution in [2.24, 2.45) is 0 Å². The van der Waals surface area contributed by atoms with Crippen LogP contribution >= 0.6 is 34.8 Å². The van der Waals surface area contributed by atoms with Gasteiger partial charge in [0, 0.05) is 27.7 Å². The Morgan fingerprint density at radius 1 is 0.897 bits per heavy atom. The fourth-order valence-electron chi connectivity index (χ4n) is 3.99. The molecule has 0 saturated carbocycles. The minimum absolute atomic E-state index is 0.0253. The Morgan fingerprint density at radius 2 is 1.51 bits per heavy atom. The molecule has 0 saturated heterocycles. The van der Waals surface area contributed by atoms with Gasteiger partial charge in [-0.1, -0.05) is 66.0 Å². The zero-order valence-corrected chi connectivity index (χ0v) is 24.9. The van der Waals surface area contributed by atoms with E-state index in [0.717, 1.165) is 4.31 Å². The molecule has 2 amide bonds. The lowest BCUT2D eigenvalue weighted by atomic mass is 10.1. The molecule has 0 unspecified atom stereocenters. The second-order valence-electron chi connectivity index (χ2n) is 9.15. The zero-order valence-electron chi connectivity index (χ0n) is 21.8. The first kappa shape index (κ1) is 30.8. The van der Waals surface area contributed by atoms with Crippen molar-refractivity contribution in [2.45, 2.75) is 50.7 Å². The van der Waals surface area contributed by atoms with Gasteiger partial charge < -0.3 is 10.2 Å². The minimum atomic E-state index is -4.17. The molecule has 7 nitrogen and oxygen atoms in total. The van der Waals surface area contributed by atoms with Gasteiger partial charge in [0.25, 0.3) is 10.0 Å². The Labute approximate surface area is 244 Å². The fourth-order valence-corrected chi connectivity index (χ4v) is 6.00. The van der Waals surface area contributed by atoms with Crippen molar-refractivity contribution in [3.63, 3.8) is 0 Å². The summed E-state index contributed by atoms with van der Waals surface area (Å²) in [5.41, 5.74) is 0.863. The van der Waals surface area contributed by atoms with Crippen molar-refractivity contribution in [2.75, 3.05) is 10.8 Å². The number of benzene rings is 3. The first-order valence-corrected chi connectivity index (χ1v) is 14.9. The number of carbonyl (C=O) groups is 2. The van der Waals surface area contributed by atoms with E-state index in [9.17, 15) is 18.0 Å². The number of carbonyl (C=O) groups excluding carboxylic acids is 2. The van der Waals surface area contributed by atoms with Gasteiger partial charge in [0.2, 0.25) is 11.8 Å². The molecule has 208 valence electrons. The Kier molecular flexibility index (Phi) is 10.7. The monoisotopic (exact) mass is 609 g/mol. The van der Waals surface area contributed by atoms with Crippen LogP contribution in [0.3, 0.4) is 0 Å². The summed E-state index contributed by atoms with van der Waals surface area (Å²) < 4.78 is 28.6. The van der Waals surface area contributed by atoms with E-state index in [-0.39, 0.29) is 23.4 Å². The number of rotatable bonds is 11. The van der Waals surface area contributed by atoms with Crippen LogP contribution in [0.5, 0.6) is 0 Å². The van der Waals surface area contributed by atoms with Gasteiger partial charge >= 0.3 is 0 Å². The maximum atomic E-state index is 14.0. The lowest BCUT2D eigenvalue weighted by Crippen LogP contribution is -2.53. The molecule has 0 heterocycles. The van der Waals surface area contributed by atoms with E-state index in [1.807, 2.05) is 13.8 Å². The number of amides is 2. The summed E-state index contributed by atoms with van der Waals surface area (Å²) in [6.45, 7) is 4.85. The third-order valence-corrected chi connectivity index (χ3v) is 8.52. The van der Waals surface area contributed by atoms with Crippen molar-refractivity contribution in [3.05, 3.63) is 93.4 Å². The number of nitrogens with zero attached hydrogens (tertiary/aromatic N) is 2. The Hall–Kier alpha value is -2.78. The van der Waals surface area contributed by atoms with Crippen molar-refractivity contribution in [1.82, 2.24) is 10.2 Å². The fraction of sp³-hybridized carbons (Fsp3) is 0.286. The summed E-state index contributed by atoms with van der Waals surface area (Å²) in [4.78, 5) is 28.5. The molecule has 1 atom stereocenters. The summed E-state index contributed by atoms with van der Waals surface area (Å²) in [5, 5.41) is 3.99. The van der Waals surface area contributed by atoms with Crippen LogP contribution in [-0.2, 0) is 26.2 Å². The summed E-state index contributed by atoms with van der Waals surface area (Å²) in [6, 6.07) is 17.9. The highest BCUT2D eigenvalue weighted by Crippen LogP contribution is 2.27. The summed E-state index contributed by atoms with van der Waals surface area (Å²) >= 11 is 18.4. The first-order chi connectivity index (χ1) is 18.4. The predicted octanol–water partition coefficient (Wildman–Crippen LogP) is 6.17. The second-order valence-corrected chi connectivity index (χ2v) is 12.3. The van der Waals surface area contributed by atoms with Gasteiger partial charge in [-0.25, -0.2) is 8.42 Å². The highest BCUT2D eigenvalue weighted by molar-refractivity contribution is 7.92. The standard InChI is InChI=1S/C28H30Cl3N3O4S/c1-4-26(28(36)32-19(2)3)33(17-20-10-11-22(30)16-25(20)31)27(35)18-34(23-8-6-5-7-9-23)39(37,38)24-14-12-21(29)13-15-24/h5-16,19,26H,4,17-18H2,1-3H3,(H,32,36)/t26-/m1/s1. The molecule has 0 radical (unpaired) electrons. The molecule has 1 N–H and O–H groups in total. The van der Waals surface area contributed by atoms with E-state index < -0.39 is 28.5 Å². The normalized spacial score (nSPS) is 12.2. The van der Waals surface area contributed by atoms with E-state index in [1.165, 1.54) is 29.2 Å². The quantitative estimate of drug-likeness (QED) is 0.281. The number of hydrogen-bond acceptors (Lipinski definition) is 4. The molecule has 0 fully saturated rings. The van der Waals surface area contributed by atoms with E-state index in [4.69, 9.17) is 34.8 Å². The van der Waals surface area contributed by atoms with Crippen LogP contribution in [0.1, 0.15) is 32.8 Å². The van der Waals surface area contributed by atoms with Crippen LogP contribution in [0.25, 0.3) is 0 Å². The van der Waals surface area contributed by atoms with Crippen molar-refractivity contribution < 1.29 is 18.0 Å². The highest BCUT2D eigenvalue weighted by Gasteiger charge is 2.34. The number of halogens is 3. The average molecular weight is 611 g/mol. The molecule has 0 bridgehead atoms. The molecule has 0 aliphatic heterocycles. The van der Waals surface area contributed by atoms with Gasteiger partial charge in [0.05, 0.1) is 10.6 Å². The Bertz CT molecular complexity index is 1400. The summed E-state index contributed by atoms with van der Waals surface area (Å²) in [7, 11) is -4.17. The van der Waals surface area contributed by atoms with Gasteiger partial charge in [-0.2, -0.15) is 0 Å². The van der Waals surface area contributed by atoms with Gasteiger partial charge in [0.15, 0.2) is 0 Å². The Morgan fingerprint density at radius 3 is 2.08 bits per heavy atom. The molecular weight excluding hydrogens is 581 g/mol. The van der Waals surface area contributed by atoms with Gasteiger partial charge in [-0.05, 0) is 74.4 Å². The zero-order chi connectivity index (χ0) is 28.7. The van der Waals surface area contributed by atoms with E-state index in [0.29, 0.717) is 32.7 Å². The lowest BCUT2D eigenvalue weighted by molar-refractivity contribution is -0.140. The van der Waals surface area contributed by atoms with Crippen molar-refractivity contribution in [1.29, 1.82) is 0 Å². The average Bonchev–Trinajstić information content (AvgIpc) is 2.88. The number of sulfonamides is 1. The first-order valence-electron chi connectivity index (χ1n) is 12.3. The highest BCUT2D eigenvalue weighted by atomic mass is 35.5. The van der Waals surface area contributed by atoms with Crippen LogP contribution in [0.4, 0.5) is 5.69 Å². The van der Waals surface area contributed by atoms with E-state index in [1.54, 1.807) is 55.5 Å². The number of para-hydroxylation sites is 1. The molecule has 0 aromatic heterocycles. The molecule has 3 rings (SSSR count).